The fourth-order valence-electron chi connectivity index (χ4n) is 8.49. The van der Waals surface area contributed by atoms with Crippen molar-refractivity contribution in [2.45, 2.75) is 71.0 Å². The Kier molecular flexibility index (Phi) is 6.67. The molecule has 4 aromatic rings. The van der Waals surface area contributed by atoms with Crippen LogP contribution in [-0.2, 0) is 17.8 Å². The van der Waals surface area contributed by atoms with Gasteiger partial charge in [0.05, 0.1) is 12.2 Å². The van der Waals surface area contributed by atoms with E-state index in [1.165, 1.54) is 12.5 Å². The summed E-state index contributed by atoms with van der Waals surface area (Å²) < 4.78 is 7.35. The molecule has 9 rings (SSSR count). The molecule has 0 unspecified atom stereocenters. The molecular formula is C35H40N8O5. The van der Waals surface area contributed by atoms with Gasteiger partial charge in [-0.05, 0) is 55.6 Å². The minimum Gasteiger partial charge on any atom is -0.507 e. The maximum absolute atomic E-state index is 14.4. The summed E-state index contributed by atoms with van der Waals surface area (Å²) >= 11 is 0. The summed E-state index contributed by atoms with van der Waals surface area (Å²) in [5.74, 6) is 0.498. The zero-order valence-corrected chi connectivity index (χ0v) is 27.9. The van der Waals surface area contributed by atoms with Gasteiger partial charge >= 0.3 is 0 Å². The maximum Gasteiger partial charge on any atom is 0.262 e. The Balaban J connectivity index is 1.15. The molecule has 13 nitrogen and oxygen atoms in total. The van der Waals surface area contributed by atoms with Crippen LogP contribution in [0.2, 0.25) is 0 Å². The molecule has 4 heterocycles. The van der Waals surface area contributed by atoms with Crippen LogP contribution >= 0.6 is 0 Å². The van der Waals surface area contributed by atoms with Crippen molar-refractivity contribution >= 4 is 45.6 Å². The quantitative estimate of drug-likeness (QED) is 0.289. The SMILES string of the molecule is CCc1c(N2CCN(C(=O)c3c(O)ccc4ncoc34)[C@H]3CC=C32)c(=O)c2nc(N(C)C)cnc2n1CC(=O)NC12CC(C(C)C)(C1)C2. The first-order valence-electron chi connectivity index (χ1n) is 16.7. The van der Waals surface area contributed by atoms with Gasteiger partial charge in [-0.25, -0.2) is 15.0 Å². The van der Waals surface area contributed by atoms with Crippen LogP contribution in [0.4, 0.5) is 11.5 Å². The lowest BCUT2D eigenvalue weighted by molar-refractivity contribution is -0.187. The predicted molar refractivity (Wildman–Crippen MR) is 180 cm³/mol. The van der Waals surface area contributed by atoms with E-state index < -0.39 is 0 Å². The summed E-state index contributed by atoms with van der Waals surface area (Å²) in [7, 11) is 3.68. The summed E-state index contributed by atoms with van der Waals surface area (Å²) in [5, 5.41) is 14.0. The van der Waals surface area contributed by atoms with Crippen molar-refractivity contribution in [3.05, 3.63) is 58.0 Å². The molecule has 48 heavy (non-hydrogen) atoms. The van der Waals surface area contributed by atoms with Crippen LogP contribution in [-0.4, -0.2) is 80.1 Å². The number of carbonyl (C=O) groups is 2. The Morgan fingerprint density at radius 3 is 2.60 bits per heavy atom. The van der Waals surface area contributed by atoms with E-state index in [1.54, 1.807) is 22.1 Å². The number of carbonyl (C=O) groups excluding carboxylic acids is 2. The van der Waals surface area contributed by atoms with Crippen LogP contribution in [0.15, 0.2) is 45.7 Å². The van der Waals surface area contributed by atoms with Crippen molar-refractivity contribution in [3.8, 4) is 5.75 Å². The van der Waals surface area contributed by atoms with Gasteiger partial charge in [0.1, 0.15) is 34.9 Å². The Hall–Kier alpha value is -4.94. The zero-order chi connectivity index (χ0) is 33.7. The minimum absolute atomic E-state index is 0.0146. The first-order chi connectivity index (χ1) is 23.0. The maximum atomic E-state index is 14.4. The standard InChI is InChI=1S/C35H40N8O5/c1-6-21-29(41-11-12-42(23-9-8-22(23)41)33(47)27-24(44)10-7-20-31(27)48-18-37-20)30(46)28-32(36-13-25(38-28)40(4)5)43(21)14-26(45)39-35-15-34(16-35,17-35)19(2)3/h7-8,10,13,18-19,23,44H,6,9,11-12,14-17H2,1-5H3,(H,39,45)/t23-,34?,35?/m0/s1. The fraction of sp³-hybridized carbons (Fsp3) is 0.486. The van der Waals surface area contributed by atoms with E-state index in [4.69, 9.17) is 9.40 Å². The second-order valence-corrected chi connectivity index (χ2v) is 14.4. The lowest BCUT2D eigenvalue weighted by Crippen LogP contribution is -2.76. The van der Waals surface area contributed by atoms with E-state index in [1.807, 2.05) is 36.6 Å². The second-order valence-electron chi connectivity index (χ2n) is 14.4. The number of phenols is 1. The second kappa shape index (κ2) is 10.5. The van der Waals surface area contributed by atoms with Gasteiger partial charge in [0.25, 0.3) is 5.91 Å². The molecule has 2 N–H and O–H groups in total. The van der Waals surface area contributed by atoms with Crippen molar-refractivity contribution in [2.75, 3.05) is 37.0 Å². The number of pyridine rings is 1. The number of aromatic hydroxyl groups is 1. The molecule has 4 aliphatic carbocycles. The van der Waals surface area contributed by atoms with E-state index >= 15 is 0 Å². The third-order valence-corrected chi connectivity index (χ3v) is 11.2. The summed E-state index contributed by atoms with van der Waals surface area (Å²) in [6.45, 7) is 7.14. The number of anilines is 2. The monoisotopic (exact) mass is 652 g/mol. The molecule has 2 bridgehead atoms. The van der Waals surface area contributed by atoms with E-state index in [9.17, 15) is 19.5 Å². The summed E-state index contributed by atoms with van der Waals surface area (Å²) in [6, 6.07) is 2.75. The number of benzene rings is 1. The first kappa shape index (κ1) is 30.4. The third-order valence-electron chi connectivity index (χ3n) is 11.2. The number of phenolic OH excluding ortho intramolecular Hbond substituents is 1. The number of oxazole rings is 1. The number of aromatic nitrogens is 4. The van der Waals surface area contributed by atoms with Crippen LogP contribution < -0.4 is 20.5 Å². The van der Waals surface area contributed by atoms with Gasteiger partial charge < -0.3 is 34.1 Å². The van der Waals surface area contributed by atoms with Crippen LogP contribution in [0.5, 0.6) is 5.75 Å². The molecule has 3 saturated carbocycles. The molecule has 2 amide bonds. The average molecular weight is 653 g/mol. The normalized spacial score (nSPS) is 24.1. The van der Waals surface area contributed by atoms with Gasteiger partial charge in [-0.15, -0.1) is 0 Å². The number of amides is 2. The molecule has 250 valence electrons. The lowest BCUT2D eigenvalue weighted by Gasteiger charge is -2.72. The Morgan fingerprint density at radius 1 is 1.17 bits per heavy atom. The molecule has 1 aliphatic heterocycles. The highest BCUT2D eigenvalue weighted by Gasteiger charge is 2.69. The van der Waals surface area contributed by atoms with Gasteiger partial charge in [-0.1, -0.05) is 26.8 Å². The highest BCUT2D eigenvalue weighted by atomic mass is 16.3. The number of hydrogen-bond acceptors (Lipinski definition) is 10. The van der Waals surface area contributed by atoms with Gasteiger partial charge in [-0.2, -0.15) is 0 Å². The molecule has 5 aliphatic rings. The van der Waals surface area contributed by atoms with Crippen molar-refractivity contribution < 1.29 is 19.1 Å². The number of nitrogens with one attached hydrogen (secondary N) is 1. The molecule has 0 radical (unpaired) electrons. The van der Waals surface area contributed by atoms with Crippen LogP contribution in [0, 0.1) is 11.3 Å². The summed E-state index contributed by atoms with van der Waals surface area (Å²) in [6.07, 6.45) is 9.00. The highest BCUT2D eigenvalue weighted by Crippen LogP contribution is 2.70. The van der Waals surface area contributed by atoms with E-state index in [-0.39, 0.29) is 57.8 Å². The van der Waals surface area contributed by atoms with Crippen LogP contribution in [0.3, 0.4) is 0 Å². The Labute approximate surface area is 277 Å². The van der Waals surface area contributed by atoms with Crippen LogP contribution in [0.1, 0.15) is 62.5 Å². The molecule has 1 aromatic carbocycles. The number of rotatable bonds is 8. The van der Waals surface area contributed by atoms with Gasteiger partial charge in [0, 0.05) is 44.1 Å². The topological polar surface area (TPSA) is 150 Å². The van der Waals surface area contributed by atoms with Gasteiger partial charge in [0.15, 0.2) is 23.1 Å². The van der Waals surface area contributed by atoms with E-state index in [0.29, 0.717) is 65.6 Å². The molecule has 3 aromatic heterocycles. The number of fused-ring (bicyclic) bond motifs is 3. The molecule has 13 heteroatoms. The first-order valence-corrected chi connectivity index (χ1v) is 16.7. The smallest absolute Gasteiger partial charge is 0.262 e. The predicted octanol–water partition coefficient (Wildman–Crippen LogP) is 3.58. The summed E-state index contributed by atoms with van der Waals surface area (Å²) in [5.41, 5.74) is 3.31. The fourth-order valence-corrected chi connectivity index (χ4v) is 8.49. The minimum atomic E-state index is -0.359. The average Bonchev–Trinajstić information content (AvgIpc) is 3.47. The van der Waals surface area contributed by atoms with Gasteiger partial charge in [0.2, 0.25) is 11.3 Å². The molecule has 1 atom stereocenters. The summed E-state index contributed by atoms with van der Waals surface area (Å²) in [4.78, 5) is 61.1. The Bertz CT molecular complexity index is 2090. The number of piperazine rings is 1. The molecule has 0 spiro atoms. The van der Waals surface area contributed by atoms with Crippen molar-refractivity contribution in [2.24, 2.45) is 11.3 Å². The largest absolute Gasteiger partial charge is 0.507 e. The Morgan fingerprint density at radius 2 is 1.94 bits per heavy atom. The highest BCUT2D eigenvalue weighted by molar-refractivity contribution is 6.07. The molecule has 4 fully saturated rings. The molecular weight excluding hydrogens is 612 g/mol. The van der Waals surface area contributed by atoms with Crippen molar-refractivity contribution in [1.29, 1.82) is 0 Å². The van der Waals surface area contributed by atoms with E-state index in [2.05, 4.69) is 29.1 Å². The van der Waals surface area contributed by atoms with Crippen molar-refractivity contribution in [1.82, 2.24) is 29.7 Å². The van der Waals surface area contributed by atoms with Gasteiger partial charge in [-0.3, -0.25) is 14.4 Å². The van der Waals surface area contributed by atoms with Crippen LogP contribution in [0.25, 0.3) is 22.3 Å². The molecule has 1 saturated heterocycles. The third kappa shape index (κ3) is 4.28. The van der Waals surface area contributed by atoms with Crippen molar-refractivity contribution in [3.63, 3.8) is 0 Å². The number of hydrogen-bond donors (Lipinski definition) is 2. The lowest BCUT2D eigenvalue weighted by atomic mass is 9.36. The van der Waals surface area contributed by atoms with E-state index in [0.717, 1.165) is 25.0 Å². The zero-order valence-electron chi connectivity index (χ0n) is 27.9. The number of nitrogens with zero attached hydrogens (tertiary/aromatic N) is 7.